The van der Waals surface area contributed by atoms with Crippen LogP contribution in [0.25, 0.3) is 0 Å². The van der Waals surface area contributed by atoms with E-state index in [0.29, 0.717) is 6.21 Å². The number of ketones is 1. The van der Waals surface area contributed by atoms with E-state index in [4.69, 9.17) is 5.41 Å². The molecule has 14 heavy (non-hydrogen) atoms. The van der Waals surface area contributed by atoms with Gasteiger partial charge in [0.15, 0.2) is 0 Å². The van der Waals surface area contributed by atoms with Gasteiger partial charge in [-0.15, -0.1) is 0 Å². The molecule has 0 amide bonds. The molecule has 1 rings (SSSR count). The number of carbonyl (C=O) groups is 1. The zero-order valence-corrected chi connectivity index (χ0v) is 7.04. The molecule has 0 bridgehead atoms. The van der Waals surface area contributed by atoms with Gasteiger partial charge in [0.25, 0.3) is 0 Å². The highest BCUT2D eigenvalue weighted by Gasteiger charge is 2.07. The summed E-state index contributed by atoms with van der Waals surface area (Å²) in [4.78, 5) is 11.0. The van der Waals surface area contributed by atoms with Crippen LogP contribution in [0.5, 0.6) is 5.75 Å². The van der Waals surface area contributed by atoms with Gasteiger partial charge in [0.1, 0.15) is 5.75 Å². The van der Waals surface area contributed by atoms with E-state index in [0.717, 1.165) is 0 Å². The number of benzene rings is 1. The predicted octanol–water partition coefficient (Wildman–Crippen LogP) is 2.12. The third-order valence-electron chi connectivity index (χ3n) is 1.47. The van der Waals surface area contributed by atoms with Crippen molar-refractivity contribution in [1.82, 2.24) is 0 Å². The molecule has 0 aliphatic rings. The van der Waals surface area contributed by atoms with Crippen molar-refractivity contribution in [3.05, 3.63) is 29.8 Å². The second kappa shape index (κ2) is 4.45. The Labute approximate surface area is 78.8 Å². The van der Waals surface area contributed by atoms with E-state index in [9.17, 15) is 13.6 Å². The van der Waals surface area contributed by atoms with Crippen molar-refractivity contribution in [3.63, 3.8) is 0 Å². The first-order valence-electron chi connectivity index (χ1n) is 3.73. The van der Waals surface area contributed by atoms with Gasteiger partial charge in [0.05, 0.1) is 6.21 Å². The molecule has 0 aliphatic heterocycles. The molecule has 1 N–H and O–H groups in total. The largest absolute Gasteiger partial charge is 0.435 e. The molecule has 0 heterocycles. The summed E-state index contributed by atoms with van der Waals surface area (Å²) < 4.78 is 27.7. The van der Waals surface area contributed by atoms with E-state index in [1.165, 1.54) is 24.3 Å². The van der Waals surface area contributed by atoms with Gasteiger partial charge in [-0.3, -0.25) is 4.79 Å². The lowest BCUT2D eigenvalue weighted by atomic mass is 10.1. The minimum atomic E-state index is -2.92. The molecule has 0 atom stereocenters. The van der Waals surface area contributed by atoms with Gasteiger partial charge >= 0.3 is 6.61 Å². The van der Waals surface area contributed by atoms with Crippen LogP contribution in [0.4, 0.5) is 8.78 Å². The summed E-state index contributed by atoms with van der Waals surface area (Å²) in [5, 5.41) is 6.69. The average Bonchev–Trinajstić information content (AvgIpc) is 2.16. The molecule has 74 valence electrons. The van der Waals surface area contributed by atoms with Crippen molar-refractivity contribution in [2.75, 3.05) is 0 Å². The third kappa shape index (κ3) is 2.62. The fourth-order valence-corrected chi connectivity index (χ4v) is 0.909. The van der Waals surface area contributed by atoms with Crippen molar-refractivity contribution in [3.8, 4) is 5.75 Å². The monoisotopic (exact) mass is 199 g/mol. The molecular formula is C9H7F2NO2. The fraction of sp³-hybridized carbons (Fsp3) is 0.111. The maximum atomic E-state index is 11.8. The summed E-state index contributed by atoms with van der Waals surface area (Å²) in [5.41, 5.74) is 0.151. The minimum Gasteiger partial charge on any atom is -0.435 e. The molecule has 0 spiro atoms. The SMILES string of the molecule is N=CC(=O)c1cccc(OC(F)F)c1. The van der Waals surface area contributed by atoms with E-state index in [1.54, 1.807) is 0 Å². The number of rotatable bonds is 4. The Balaban J connectivity index is 2.89. The maximum Gasteiger partial charge on any atom is 0.387 e. The summed E-state index contributed by atoms with van der Waals surface area (Å²) in [6, 6.07) is 5.31. The van der Waals surface area contributed by atoms with Gasteiger partial charge in [-0.25, -0.2) is 0 Å². The van der Waals surface area contributed by atoms with Crippen molar-refractivity contribution >= 4 is 12.0 Å². The van der Waals surface area contributed by atoms with E-state index in [2.05, 4.69) is 4.74 Å². The van der Waals surface area contributed by atoms with Crippen LogP contribution in [0.3, 0.4) is 0 Å². The first-order chi connectivity index (χ1) is 6.63. The van der Waals surface area contributed by atoms with Gasteiger partial charge in [0, 0.05) is 5.56 Å². The highest BCUT2D eigenvalue weighted by atomic mass is 19.3. The van der Waals surface area contributed by atoms with Crippen LogP contribution >= 0.6 is 0 Å². The van der Waals surface area contributed by atoms with Gasteiger partial charge in [-0.05, 0) is 12.1 Å². The van der Waals surface area contributed by atoms with Crippen LogP contribution in [-0.2, 0) is 0 Å². The molecule has 1 aromatic carbocycles. The Bertz CT molecular complexity index is 352. The van der Waals surface area contributed by atoms with Gasteiger partial charge in [0.2, 0.25) is 5.78 Å². The lowest BCUT2D eigenvalue weighted by molar-refractivity contribution is -0.0498. The Morgan fingerprint density at radius 1 is 1.50 bits per heavy atom. The number of halogens is 2. The fourth-order valence-electron chi connectivity index (χ4n) is 0.909. The quantitative estimate of drug-likeness (QED) is 0.596. The second-order valence-electron chi connectivity index (χ2n) is 2.41. The van der Waals surface area contributed by atoms with E-state index in [1.807, 2.05) is 0 Å². The third-order valence-corrected chi connectivity index (χ3v) is 1.47. The Hall–Kier alpha value is -1.78. The summed E-state index contributed by atoms with van der Waals surface area (Å²) >= 11 is 0. The molecule has 0 aliphatic carbocycles. The standard InChI is InChI=1S/C9H7F2NO2/c10-9(11)14-7-3-1-2-6(4-7)8(13)5-12/h1-5,9,12H. The molecular weight excluding hydrogens is 192 g/mol. The number of nitrogens with one attached hydrogen (secondary N) is 1. The van der Waals surface area contributed by atoms with Gasteiger partial charge < -0.3 is 10.1 Å². The van der Waals surface area contributed by atoms with Crippen molar-refractivity contribution in [2.45, 2.75) is 6.61 Å². The Kier molecular flexibility index (Phi) is 3.28. The summed E-state index contributed by atoms with van der Waals surface area (Å²) in [6.07, 6.45) is 0.613. The molecule has 1 aromatic rings. The Morgan fingerprint density at radius 3 is 2.79 bits per heavy atom. The number of alkyl halides is 2. The molecule has 0 unspecified atom stereocenters. The lowest BCUT2D eigenvalue weighted by Gasteiger charge is -2.04. The average molecular weight is 199 g/mol. The molecule has 0 saturated heterocycles. The van der Waals surface area contributed by atoms with Gasteiger partial charge in [-0.2, -0.15) is 8.78 Å². The van der Waals surface area contributed by atoms with Crippen LogP contribution < -0.4 is 4.74 Å². The van der Waals surface area contributed by atoms with Crippen molar-refractivity contribution < 1.29 is 18.3 Å². The normalized spacial score (nSPS) is 9.93. The molecule has 3 nitrogen and oxygen atoms in total. The van der Waals surface area contributed by atoms with Crippen LogP contribution in [0, 0.1) is 5.41 Å². The number of hydrogen-bond acceptors (Lipinski definition) is 3. The smallest absolute Gasteiger partial charge is 0.387 e. The van der Waals surface area contributed by atoms with Crippen LogP contribution in [0.1, 0.15) is 10.4 Å². The first kappa shape index (κ1) is 10.3. The molecule has 0 saturated carbocycles. The van der Waals surface area contributed by atoms with E-state index in [-0.39, 0.29) is 11.3 Å². The number of ether oxygens (including phenoxy) is 1. The topological polar surface area (TPSA) is 50.2 Å². The zero-order chi connectivity index (χ0) is 10.6. The molecule has 5 heteroatoms. The summed E-state index contributed by atoms with van der Waals surface area (Å²) in [5.74, 6) is -0.641. The van der Waals surface area contributed by atoms with Crippen molar-refractivity contribution in [1.29, 1.82) is 5.41 Å². The van der Waals surface area contributed by atoms with Gasteiger partial charge in [-0.1, -0.05) is 12.1 Å². The lowest BCUT2D eigenvalue weighted by Crippen LogP contribution is -2.04. The predicted molar refractivity (Wildman–Crippen MR) is 46.2 cm³/mol. The minimum absolute atomic E-state index is 0.0901. The van der Waals surface area contributed by atoms with Crippen LogP contribution in [0.15, 0.2) is 24.3 Å². The number of carbonyl (C=O) groups excluding carboxylic acids is 1. The summed E-state index contributed by atoms with van der Waals surface area (Å²) in [6.45, 7) is -2.92. The van der Waals surface area contributed by atoms with E-state index >= 15 is 0 Å². The molecule has 0 aromatic heterocycles. The van der Waals surface area contributed by atoms with Crippen molar-refractivity contribution in [2.24, 2.45) is 0 Å². The summed E-state index contributed by atoms with van der Waals surface area (Å²) in [7, 11) is 0. The Morgan fingerprint density at radius 2 is 2.21 bits per heavy atom. The zero-order valence-electron chi connectivity index (χ0n) is 7.04. The highest BCUT2D eigenvalue weighted by molar-refractivity contribution is 6.34. The van der Waals surface area contributed by atoms with Crippen LogP contribution in [-0.4, -0.2) is 18.6 Å². The highest BCUT2D eigenvalue weighted by Crippen LogP contribution is 2.15. The second-order valence-corrected chi connectivity index (χ2v) is 2.41. The molecule has 0 radical (unpaired) electrons. The maximum absolute atomic E-state index is 11.8. The number of hydrogen-bond donors (Lipinski definition) is 1. The van der Waals surface area contributed by atoms with Crippen LogP contribution in [0.2, 0.25) is 0 Å². The number of Topliss-reactive ketones (excluding diaryl/α,β-unsaturated/α-hetero) is 1. The van der Waals surface area contributed by atoms with E-state index < -0.39 is 12.4 Å². The molecule has 0 fully saturated rings. The first-order valence-corrected chi connectivity index (χ1v) is 3.73.